The van der Waals surface area contributed by atoms with Gasteiger partial charge in [0.05, 0.1) is 4.92 Å². The molecule has 0 amide bonds. The van der Waals surface area contributed by atoms with Crippen molar-refractivity contribution in [3.63, 3.8) is 0 Å². The molecule has 1 atom stereocenters. The molecule has 0 radical (unpaired) electrons. The fourth-order valence-corrected chi connectivity index (χ4v) is 3.25. The lowest BCUT2D eigenvalue weighted by Gasteiger charge is -2.36. The van der Waals surface area contributed by atoms with E-state index in [1.165, 1.54) is 24.3 Å². The Labute approximate surface area is 187 Å². The average molecular weight is 465 g/mol. The van der Waals surface area contributed by atoms with Crippen molar-refractivity contribution in [2.24, 2.45) is 0 Å². The molecule has 0 bridgehead atoms. The summed E-state index contributed by atoms with van der Waals surface area (Å²) in [5.74, 6) is 0.505. The lowest BCUT2D eigenvalue weighted by molar-refractivity contribution is -0.384. The van der Waals surface area contributed by atoms with E-state index in [4.69, 9.17) is 16.3 Å². The molecule has 0 spiro atoms. The maximum Gasteiger partial charge on any atom is 0.269 e. The van der Waals surface area contributed by atoms with Gasteiger partial charge in [0.25, 0.3) is 5.69 Å². The van der Waals surface area contributed by atoms with Gasteiger partial charge in [-0.2, -0.15) is 0 Å². The predicted molar refractivity (Wildman–Crippen MR) is 119 cm³/mol. The topological polar surface area (TPSA) is 79.1 Å². The third-order valence-electron chi connectivity index (χ3n) is 4.50. The molecule has 1 fully saturated rings. The van der Waals surface area contributed by atoms with Crippen LogP contribution < -0.4 is 9.64 Å². The number of nitro benzene ring substituents is 1. The maximum absolute atomic E-state index is 10.6. The molecule has 10 heteroatoms. The molecule has 0 aromatic heterocycles. The van der Waals surface area contributed by atoms with E-state index in [0.717, 1.165) is 36.9 Å². The van der Waals surface area contributed by atoms with Crippen molar-refractivity contribution in [3.8, 4) is 5.75 Å². The highest BCUT2D eigenvalue weighted by Gasteiger charge is 2.20. The zero-order valence-corrected chi connectivity index (χ0v) is 18.0. The summed E-state index contributed by atoms with van der Waals surface area (Å²) in [4.78, 5) is 14.7. The molecule has 3 rings (SSSR count). The second-order valence-electron chi connectivity index (χ2n) is 6.48. The van der Waals surface area contributed by atoms with Gasteiger partial charge >= 0.3 is 0 Å². The van der Waals surface area contributed by atoms with E-state index in [1.807, 2.05) is 18.2 Å². The predicted octanol–water partition coefficient (Wildman–Crippen LogP) is 3.65. The number of hydrogen-bond acceptors (Lipinski definition) is 6. The molecule has 2 aromatic carbocycles. The lowest BCUT2D eigenvalue weighted by atomic mass is 10.2. The third-order valence-corrected chi connectivity index (χ3v) is 4.74. The quantitative estimate of drug-likeness (QED) is 0.498. The lowest BCUT2D eigenvalue weighted by Crippen LogP contribution is -2.49. The molecule has 29 heavy (non-hydrogen) atoms. The number of piperazine rings is 1. The molecule has 0 saturated carbocycles. The molecule has 160 valence electrons. The van der Waals surface area contributed by atoms with Crippen LogP contribution in [-0.4, -0.2) is 60.4 Å². The molecule has 1 saturated heterocycles. The number of ether oxygens (including phenoxy) is 1. The van der Waals surface area contributed by atoms with E-state index in [-0.39, 0.29) is 37.1 Å². The molecular weight excluding hydrogens is 441 g/mol. The Morgan fingerprint density at radius 2 is 1.76 bits per heavy atom. The van der Waals surface area contributed by atoms with Gasteiger partial charge in [0, 0.05) is 55.6 Å². The Hall–Kier alpha value is -1.77. The first-order valence-electron chi connectivity index (χ1n) is 8.79. The van der Waals surface area contributed by atoms with Crippen LogP contribution in [0.1, 0.15) is 0 Å². The summed E-state index contributed by atoms with van der Waals surface area (Å²) in [7, 11) is 0. The van der Waals surface area contributed by atoms with Gasteiger partial charge < -0.3 is 14.7 Å². The van der Waals surface area contributed by atoms with Crippen LogP contribution in [0.15, 0.2) is 48.5 Å². The number of rotatable bonds is 7. The van der Waals surface area contributed by atoms with Crippen LogP contribution in [0.3, 0.4) is 0 Å². The molecule has 1 N–H and O–H groups in total. The smallest absolute Gasteiger partial charge is 0.269 e. The summed E-state index contributed by atoms with van der Waals surface area (Å²) >= 11 is 6.05. The number of non-ortho nitro benzene ring substituents is 1. The molecule has 1 aliphatic heterocycles. The summed E-state index contributed by atoms with van der Waals surface area (Å²) in [6.45, 7) is 4.11. The fourth-order valence-electron chi connectivity index (χ4n) is 3.07. The Morgan fingerprint density at radius 3 is 2.34 bits per heavy atom. The Kier molecular flexibility index (Phi) is 10.5. The minimum atomic E-state index is -0.627. The van der Waals surface area contributed by atoms with Crippen LogP contribution in [-0.2, 0) is 0 Å². The molecule has 0 aliphatic carbocycles. The Morgan fingerprint density at radius 1 is 1.10 bits per heavy atom. The van der Waals surface area contributed by atoms with Crippen LogP contribution in [0, 0.1) is 10.1 Å². The van der Waals surface area contributed by atoms with Crippen molar-refractivity contribution in [1.82, 2.24) is 4.90 Å². The SMILES string of the molecule is Cl.Cl.O=[N+]([O-])c1ccc(OCC(O)CN2CCN(c3cccc(Cl)c3)CC2)cc1. The van der Waals surface area contributed by atoms with Gasteiger partial charge in [-0.05, 0) is 30.3 Å². The second-order valence-corrected chi connectivity index (χ2v) is 6.92. The molecule has 1 aliphatic rings. The first kappa shape index (κ1) is 25.3. The van der Waals surface area contributed by atoms with E-state index in [9.17, 15) is 15.2 Å². The number of β-amino-alcohol motifs (C(OH)–C–C–N with tert-alkyl or cyclic N) is 1. The Bertz CT molecular complexity index is 772. The van der Waals surface area contributed by atoms with Gasteiger partial charge in [0.15, 0.2) is 0 Å². The minimum absolute atomic E-state index is 0. The van der Waals surface area contributed by atoms with E-state index in [0.29, 0.717) is 12.3 Å². The number of halogens is 3. The average Bonchev–Trinajstić information content (AvgIpc) is 2.67. The standard InChI is InChI=1S/C19H22ClN3O4.2ClH/c20-15-2-1-3-17(12-15)22-10-8-21(9-11-22)13-18(24)14-27-19-6-4-16(5-7-19)23(25)26;;/h1-7,12,18,24H,8-11,13-14H2;2*1H. The number of nitro groups is 1. The van der Waals surface area contributed by atoms with Crippen LogP contribution in [0.4, 0.5) is 11.4 Å². The van der Waals surface area contributed by atoms with Crippen molar-refractivity contribution in [2.75, 3.05) is 44.2 Å². The summed E-state index contributed by atoms with van der Waals surface area (Å²) < 4.78 is 5.52. The largest absolute Gasteiger partial charge is 0.491 e. The van der Waals surface area contributed by atoms with Crippen LogP contribution >= 0.6 is 36.4 Å². The van der Waals surface area contributed by atoms with Gasteiger partial charge in [-0.25, -0.2) is 0 Å². The van der Waals surface area contributed by atoms with Gasteiger partial charge in [0.2, 0.25) is 0 Å². The van der Waals surface area contributed by atoms with Crippen molar-refractivity contribution >= 4 is 47.8 Å². The second kappa shape index (κ2) is 12.0. The Balaban J connectivity index is 0.00000210. The summed E-state index contributed by atoms with van der Waals surface area (Å²) in [5, 5.41) is 21.6. The van der Waals surface area contributed by atoms with E-state index < -0.39 is 11.0 Å². The van der Waals surface area contributed by atoms with E-state index >= 15 is 0 Å². The van der Waals surface area contributed by atoms with Crippen LogP contribution in [0.2, 0.25) is 5.02 Å². The van der Waals surface area contributed by atoms with Crippen molar-refractivity contribution in [2.45, 2.75) is 6.10 Å². The highest BCUT2D eigenvalue weighted by molar-refractivity contribution is 6.30. The van der Waals surface area contributed by atoms with E-state index in [1.54, 1.807) is 0 Å². The first-order chi connectivity index (χ1) is 13.0. The summed E-state index contributed by atoms with van der Waals surface area (Å²) in [6.07, 6.45) is -0.627. The first-order valence-corrected chi connectivity index (χ1v) is 9.17. The monoisotopic (exact) mass is 463 g/mol. The zero-order valence-electron chi connectivity index (χ0n) is 15.6. The highest BCUT2D eigenvalue weighted by atomic mass is 35.5. The summed E-state index contributed by atoms with van der Waals surface area (Å²) in [6, 6.07) is 13.7. The van der Waals surface area contributed by atoms with Gasteiger partial charge in [-0.3, -0.25) is 15.0 Å². The molecule has 1 heterocycles. The van der Waals surface area contributed by atoms with Crippen LogP contribution in [0.25, 0.3) is 0 Å². The fraction of sp³-hybridized carbons (Fsp3) is 0.368. The van der Waals surface area contributed by atoms with Crippen molar-refractivity contribution in [3.05, 3.63) is 63.7 Å². The van der Waals surface area contributed by atoms with E-state index in [2.05, 4.69) is 15.9 Å². The zero-order chi connectivity index (χ0) is 19.2. The third kappa shape index (κ3) is 7.53. The highest BCUT2D eigenvalue weighted by Crippen LogP contribution is 2.21. The van der Waals surface area contributed by atoms with Gasteiger partial charge in [-0.1, -0.05) is 17.7 Å². The van der Waals surface area contributed by atoms with Crippen molar-refractivity contribution in [1.29, 1.82) is 0 Å². The molecular formula is C19H24Cl3N3O4. The number of aliphatic hydroxyl groups excluding tert-OH is 1. The number of hydrogen-bond donors (Lipinski definition) is 1. The van der Waals surface area contributed by atoms with Crippen molar-refractivity contribution < 1.29 is 14.8 Å². The maximum atomic E-state index is 10.6. The van der Waals surface area contributed by atoms with Gasteiger partial charge in [0.1, 0.15) is 18.5 Å². The molecule has 2 aromatic rings. The molecule has 1 unspecified atom stereocenters. The number of benzene rings is 2. The number of anilines is 1. The normalized spacial score (nSPS) is 15.0. The minimum Gasteiger partial charge on any atom is -0.491 e. The summed E-state index contributed by atoms with van der Waals surface area (Å²) in [5.41, 5.74) is 1.13. The number of aliphatic hydroxyl groups is 1. The van der Waals surface area contributed by atoms with Crippen LogP contribution in [0.5, 0.6) is 5.75 Å². The molecule has 7 nitrogen and oxygen atoms in total. The number of nitrogens with zero attached hydrogens (tertiary/aromatic N) is 3. The van der Waals surface area contributed by atoms with Gasteiger partial charge in [-0.15, -0.1) is 24.8 Å².